The molecule has 0 aromatic rings. The van der Waals surface area contributed by atoms with Crippen molar-refractivity contribution >= 4 is 22.1 Å². The lowest BCUT2D eigenvalue weighted by Crippen LogP contribution is -2.60. The number of esters is 2. The van der Waals surface area contributed by atoms with Gasteiger partial charge in [0.1, 0.15) is 36.8 Å². The molecule has 0 aromatic carbocycles. The van der Waals surface area contributed by atoms with Crippen LogP contribution in [0.4, 0.5) is 0 Å². The van der Waals surface area contributed by atoms with Gasteiger partial charge in [-0.1, -0.05) is 143 Å². The average molecular weight is 891 g/mol. The van der Waals surface area contributed by atoms with Crippen molar-refractivity contribution in [2.75, 3.05) is 19.0 Å². The minimum atomic E-state index is -4.62. The number of hydrogen-bond acceptors (Lipinski definition) is 11. The molecule has 0 aromatic heterocycles. The number of aliphatic hydroxyl groups is 3. The number of allylic oxidation sites excluding steroid dienone is 16. The molecular formula is C49H78O12S. The highest BCUT2D eigenvalue weighted by atomic mass is 32.2. The maximum atomic E-state index is 12.8. The first-order chi connectivity index (χ1) is 30.0. The zero-order valence-electron chi connectivity index (χ0n) is 37.4. The molecule has 0 saturated carbocycles. The summed E-state index contributed by atoms with van der Waals surface area (Å²) < 4.78 is 54.0. The highest BCUT2D eigenvalue weighted by molar-refractivity contribution is 7.85. The summed E-state index contributed by atoms with van der Waals surface area (Å²) in [5.74, 6) is -2.08. The summed E-state index contributed by atoms with van der Waals surface area (Å²) in [5.41, 5.74) is 0. The summed E-state index contributed by atoms with van der Waals surface area (Å²) in [6, 6.07) is 0. The van der Waals surface area contributed by atoms with E-state index in [1.54, 1.807) is 0 Å². The lowest BCUT2D eigenvalue weighted by Gasteiger charge is -2.40. The molecule has 1 aliphatic heterocycles. The zero-order chi connectivity index (χ0) is 45.5. The molecule has 0 bridgehead atoms. The fourth-order valence-electron chi connectivity index (χ4n) is 6.16. The molecule has 0 amide bonds. The Hall–Kier alpha value is -3.43. The van der Waals surface area contributed by atoms with Crippen molar-refractivity contribution in [3.05, 3.63) is 97.2 Å². The fraction of sp³-hybridized carbons (Fsp3) is 0.633. The molecule has 0 aliphatic carbocycles. The number of ether oxygens (including phenoxy) is 4. The zero-order valence-corrected chi connectivity index (χ0v) is 38.2. The van der Waals surface area contributed by atoms with E-state index in [4.69, 9.17) is 18.9 Å². The molecule has 1 fully saturated rings. The Morgan fingerprint density at radius 1 is 0.581 bits per heavy atom. The van der Waals surface area contributed by atoms with Gasteiger partial charge >= 0.3 is 11.9 Å². The van der Waals surface area contributed by atoms with Gasteiger partial charge in [-0.05, 0) is 83.5 Å². The first-order valence-corrected chi connectivity index (χ1v) is 24.4. The molecule has 1 aliphatic rings. The average Bonchev–Trinajstić information content (AvgIpc) is 3.24. The first kappa shape index (κ1) is 56.6. The molecular weight excluding hydrogens is 813 g/mol. The van der Waals surface area contributed by atoms with Crippen LogP contribution in [-0.4, -0.2) is 96.0 Å². The molecule has 1 heterocycles. The van der Waals surface area contributed by atoms with Gasteiger partial charge in [-0.15, -0.1) is 0 Å². The Balaban J connectivity index is 2.48. The highest BCUT2D eigenvalue weighted by Crippen LogP contribution is 2.24. The van der Waals surface area contributed by atoms with Gasteiger partial charge in [0.05, 0.1) is 6.61 Å². The van der Waals surface area contributed by atoms with Crippen molar-refractivity contribution < 1.29 is 56.8 Å². The molecule has 12 nitrogen and oxygen atoms in total. The Kier molecular flexibility index (Phi) is 34.7. The smallest absolute Gasteiger partial charge is 0.306 e. The minimum absolute atomic E-state index is 0.125. The SMILES string of the molecule is CC/C=C/C=C/C=C/CCCCCCCC(=O)OC(COC(=O)CCCC/C=C/C/C=C/C/C=C/C/C=C/C/C=C/CCCCC)CO[C@H]1O[C@H](CS(=O)(=O)O)[C@@H](O)C(O)C1O. The third-order valence-corrected chi connectivity index (χ3v) is 10.5. The van der Waals surface area contributed by atoms with Gasteiger partial charge in [0.25, 0.3) is 10.1 Å². The van der Waals surface area contributed by atoms with Gasteiger partial charge in [-0.3, -0.25) is 14.1 Å². The number of carbonyl (C=O) groups is 2. The summed E-state index contributed by atoms with van der Waals surface area (Å²) in [4.78, 5) is 25.4. The summed E-state index contributed by atoms with van der Waals surface area (Å²) in [6.07, 6.45) is 41.7. The van der Waals surface area contributed by atoms with Crippen molar-refractivity contribution in [2.45, 2.75) is 179 Å². The predicted molar refractivity (Wildman–Crippen MR) is 247 cm³/mol. The number of rotatable bonds is 36. The van der Waals surface area contributed by atoms with Crippen molar-refractivity contribution in [3.8, 4) is 0 Å². The maximum Gasteiger partial charge on any atom is 0.306 e. The van der Waals surface area contributed by atoms with Gasteiger partial charge in [0.15, 0.2) is 12.4 Å². The second-order valence-corrected chi connectivity index (χ2v) is 16.9. The van der Waals surface area contributed by atoms with Gasteiger partial charge in [0.2, 0.25) is 0 Å². The van der Waals surface area contributed by atoms with Crippen LogP contribution in [0, 0.1) is 0 Å². The molecule has 352 valence electrons. The summed E-state index contributed by atoms with van der Waals surface area (Å²) in [7, 11) is -4.62. The van der Waals surface area contributed by atoms with E-state index in [1.165, 1.54) is 25.7 Å². The standard InChI is InChI=1S/C49H78O12S/c1-3-5-7-9-11-13-15-17-18-19-20-21-22-23-24-26-27-29-31-33-35-37-44(50)58-39-42(40-59-49-48(54)47(53)46(52)43(61-49)41-62(55,56)57)60-45(51)38-36-34-32-30-28-25-16-14-12-10-8-6-4-2/h6,8,10-14,16-18,20-21,23-24,27,29,42-43,46-49,52-54H,3-5,7,9,15,19,22,25-26,28,30-41H2,1-2H3,(H,55,56,57)/b8-6+,12-10+,13-11+,16-14+,18-17+,21-20+,24-23+,29-27+/t42?,43-,46-,47?,48?,49+/m1/s1. The Labute approximate surface area is 373 Å². The van der Waals surface area contributed by atoms with Gasteiger partial charge in [0, 0.05) is 12.8 Å². The number of unbranched alkanes of at least 4 members (excludes halogenated alkanes) is 10. The van der Waals surface area contributed by atoms with Crippen LogP contribution in [0.1, 0.15) is 142 Å². The van der Waals surface area contributed by atoms with Gasteiger partial charge in [-0.2, -0.15) is 8.42 Å². The molecule has 62 heavy (non-hydrogen) atoms. The van der Waals surface area contributed by atoms with Crippen LogP contribution in [0.3, 0.4) is 0 Å². The number of aliphatic hydroxyl groups excluding tert-OH is 3. The monoisotopic (exact) mass is 891 g/mol. The summed E-state index contributed by atoms with van der Waals surface area (Å²) in [6.45, 7) is 3.52. The van der Waals surface area contributed by atoms with Gasteiger partial charge in [-0.25, -0.2) is 0 Å². The molecule has 3 unspecified atom stereocenters. The van der Waals surface area contributed by atoms with Crippen LogP contribution in [0.25, 0.3) is 0 Å². The van der Waals surface area contributed by atoms with E-state index in [9.17, 15) is 37.9 Å². The third kappa shape index (κ3) is 32.3. The summed E-state index contributed by atoms with van der Waals surface area (Å²) >= 11 is 0. The summed E-state index contributed by atoms with van der Waals surface area (Å²) in [5, 5.41) is 30.9. The van der Waals surface area contributed by atoms with E-state index in [1.807, 2.05) is 24.3 Å². The predicted octanol–water partition coefficient (Wildman–Crippen LogP) is 9.44. The Bertz CT molecular complexity index is 1510. The van der Waals surface area contributed by atoms with Crippen molar-refractivity contribution in [1.29, 1.82) is 0 Å². The quantitative estimate of drug-likeness (QED) is 0.0154. The highest BCUT2D eigenvalue weighted by Gasteiger charge is 2.46. The lowest BCUT2D eigenvalue weighted by atomic mass is 10.00. The van der Waals surface area contributed by atoms with E-state index in [0.717, 1.165) is 77.0 Å². The minimum Gasteiger partial charge on any atom is -0.462 e. The first-order valence-electron chi connectivity index (χ1n) is 22.8. The Morgan fingerprint density at radius 3 is 1.68 bits per heavy atom. The van der Waals surface area contributed by atoms with E-state index >= 15 is 0 Å². The van der Waals surface area contributed by atoms with Crippen molar-refractivity contribution in [3.63, 3.8) is 0 Å². The molecule has 6 atom stereocenters. The molecule has 0 radical (unpaired) electrons. The van der Waals surface area contributed by atoms with Crippen LogP contribution in [0.5, 0.6) is 0 Å². The lowest BCUT2D eigenvalue weighted by molar-refractivity contribution is -0.297. The Morgan fingerprint density at radius 2 is 1.08 bits per heavy atom. The van der Waals surface area contributed by atoms with Crippen LogP contribution in [0.2, 0.25) is 0 Å². The third-order valence-electron chi connectivity index (χ3n) is 9.71. The largest absolute Gasteiger partial charge is 0.462 e. The van der Waals surface area contributed by atoms with E-state index < -0.39 is 71.2 Å². The molecule has 0 spiro atoms. The fourth-order valence-corrected chi connectivity index (χ4v) is 6.85. The van der Waals surface area contributed by atoms with E-state index in [0.29, 0.717) is 12.8 Å². The molecule has 4 N–H and O–H groups in total. The van der Waals surface area contributed by atoms with Crippen LogP contribution >= 0.6 is 0 Å². The molecule has 1 saturated heterocycles. The van der Waals surface area contributed by atoms with E-state index in [2.05, 4.69) is 86.8 Å². The number of carbonyl (C=O) groups excluding carboxylic acids is 2. The maximum absolute atomic E-state index is 12.8. The molecule has 1 rings (SSSR count). The normalized spacial score (nSPS) is 20.8. The van der Waals surface area contributed by atoms with Crippen molar-refractivity contribution in [1.82, 2.24) is 0 Å². The van der Waals surface area contributed by atoms with Crippen LogP contribution in [0.15, 0.2) is 97.2 Å². The van der Waals surface area contributed by atoms with E-state index in [-0.39, 0.29) is 19.4 Å². The van der Waals surface area contributed by atoms with Crippen molar-refractivity contribution in [2.24, 2.45) is 0 Å². The van der Waals surface area contributed by atoms with Crippen LogP contribution < -0.4 is 0 Å². The second kappa shape index (κ2) is 38.1. The van der Waals surface area contributed by atoms with Crippen LogP contribution in [-0.2, 0) is 38.7 Å². The number of hydrogen-bond donors (Lipinski definition) is 4. The van der Waals surface area contributed by atoms with Gasteiger partial charge < -0.3 is 34.3 Å². The molecule has 13 heteroatoms. The second-order valence-electron chi connectivity index (χ2n) is 15.4. The topological polar surface area (TPSA) is 186 Å².